The second-order valence-corrected chi connectivity index (χ2v) is 5.79. The zero-order chi connectivity index (χ0) is 18.3. The highest BCUT2D eigenvalue weighted by Gasteiger charge is 2.39. The van der Waals surface area contributed by atoms with Crippen molar-refractivity contribution in [2.24, 2.45) is 5.73 Å². The van der Waals surface area contributed by atoms with Crippen LogP contribution in [0, 0.1) is 0 Å². The second-order valence-electron chi connectivity index (χ2n) is 5.79. The Balaban J connectivity index is 2.03. The number of nitrogens with one attached hydrogen (secondary N) is 1. The molecule has 4 rings (SSSR count). The standard InChI is InChI=1S/C19H16N2O5/c1-2-24-19(23)15-13(12-8-5-9-25-12)14-16(26-17(15)20)10-6-3-4-7-11(10)21-18(14)22/h3-9,13H,2,20H2,1H3,(H,21,22). The van der Waals surface area contributed by atoms with Crippen molar-refractivity contribution in [1.82, 2.24) is 4.98 Å². The van der Waals surface area contributed by atoms with Crippen LogP contribution in [0.4, 0.5) is 0 Å². The molecular formula is C19H16N2O5. The van der Waals surface area contributed by atoms with Gasteiger partial charge in [0.2, 0.25) is 5.88 Å². The monoisotopic (exact) mass is 352 g/mol. The average molecular weight is 352 g/mol. The Hall–Kier alpha value is -3.48. The number of esters is 1. The topological polar surface area (TPSA) is 108 Å². The van der Waals surface area contributed by atoms with Crippen molar-refractivity contribution >= 4 is 16.9 Å². The molecule has 0 saturated carbocycles. The fourth-order valence-electron chi connectivity index (χ4n) is 3.22. The molecule has 0 amide bonds. The van der Waals surface area contributed by atoms with Gasteiger partial charge in [-0.05, 0) is 31.2 Å². The molecular weight excluding hydrogens is 336 g/mol. The quantitative estimate of drug-likeness (QED) is 0.701. The van der Waals surface area contributed by atoms with E-state index in [0.29, 0.717) is 22.4 Å². The molecule has 0 spiro atoms. The van der Waals surface area contributed by atoms with E-state index in [2.05, 4.69) is 4.98 Å². The molecule has 3 heterocycles. The van der Waals surface area contributed by atoms with Crippen molar-refractivity contribution in [3.05, 3.63) is 75.8 Å². The lowest BCUT2D eigenvalue weighted by Crippen LogP contribution is -2.31. The Kier molecular flexibility index (Phi) is 3.76. The largest absolute Gasteiger partial charge is 0.468 e. The number of hydrogen-bond acceptors (Lipinski definition) is 6. The van der Waals surface area contributed by atoms with Gasteiger partial charge in [0.05, 0.1) is 29.9 Å². The number of H-pyrrole nitrogens is 1. The van der Waals surface area contributed by atoms with Gasteiger partial charge in [-0.15, -0.1) is 0 Å². The van der Waals surface area contributed by atoms with Gasteiger partial charge in [-0.1, -0.05) is 12.1 Å². The van der Waals surface area contributed by atoms with E-state index in [9.17, 15) is 9.59 Å². The molecule has 3 aromatic rings. The summed E-state index contributed by atoms with van der Waals surface area (Å²) in [6.07, 6.45) is 1.47. The summed E-state index contributed by atoms with van der Waals surface area (Å²) in [5, 5.41) is 0.685. The normalized spacial score (nSPS) is 16.3. The summed E-state index contributed by atoms with van der Waals surface area (Å²) >= 11 is 0. The van der Waals surface area contributed by atoms with E-state index in [-0.39, 0.29) is 29.2 Å². The maximum atomic E-state index is 12.8. The van der Waals surface area contributed by atoms with Gasteiger partial charge in [0, 0.05) is 5.39 Å². The number of carbonyl (C=O) groups is 1. The predicted octanol–water partition coefficient (Wildman–Crippen LogP) is 2.38. The molecule has 1 aromatic carbocycles. The van der Waals surface area contributed by atoms with E-state index in [0.717, 1.165) is 0 Å². The van der Waals surface area contributed by atoms with E-state index in [1.807, 2.05) is 12.1 Å². The predicted molar refractivity (Wildman–Crippen MR) is 93.6 cm³/mol. The Morgan fingerprint density at radius 1 is 1.27 bits per heavy atom. The molecule has 0 saturated heterocycles. The number of hydrogen-bond donors (Lipinski definition) is 2. The first-order valence-electron chi connectivity index (χ1n) is 8.14. The van der Waals surface area contributed by atoms with Crippen LogP contribution in [0.5, 0.6) is 5.75 Å². The van der Waals surface area contributed by atoms with E-state index >= 15 is 0 Å². The molecule has 0 radical (unpaired) electrons. The Bertz CT molecular complexity index is 1080. The summed E-state index contributed by atoms with van der Waals surface area (Å²) in [6.45, 7) is 1.86. The molecule has 7 nitrogen and oxygen atoms in total. The number of aromatic nitrogens is 1. The van der Waals surface area contributed by atoms with Crippen LogP contribution in [0.1, 0.15) is 24.2 Å². The van der Waals surface area contributed by atoms with Crippen LogP contribution in [0.2, 0.25) is 0 Å². The van der Waals surface area contributed by atoms with Crippen LogP contribution >= 0.6 is 0 Å². The number of rotatable bonds is 3. The lowest BCUT2D eigenvalue weighted by Gasteiger charge is -2.27. The van der Waals surface area contributed by atoms with Gasteiger partial charge >= 0.3 is 5.97 Å². The number of fused-ring (bicyclic) bond motifs is 3. The van der Waals surface area contributed by atoms with Crippen molar-refractivity contribution in [2.75, 3.05) is 6.61 Å². The molecule has 0 aliphatic carbocycles. The molecule has 132 valence electrons. The third kappa shape index (κ3) is 2.36. The van der Waals surface area contributed by atoms with Crippen LogP contribution in [-0.2, 0) is 9.53 Å². The maximum Gasteiger partial charge on any atom is 0.340 e. The van der Waals surface area contributed by atoms with Crippen LogP contribution in [0.3, 0.4) is 0 Å². The summed E-state index contributed by atoms with van der Waals surface area (Å²) < 4.78 is 16.3. The summed E-state index contributed by atoms with van der Waals surface area (Å²) in [4.78, 5) is 28.2. The van der Waals surface area contributed by atoms with Crippen molar-refractivity contribution in [1.29, 1.82) is 0 Å². The highest BCUT2D eigenvalue weighted by atomic mass is 16.5. The highest BCUT2D eigenvalue weighted by molar-refractivity contribution is 5.94. The second kappa shape index (κ2) is 6.11. The zero-order valence-corrected chi connectivity index (χ0v) is 13.9. The third-order valence-electron chi connectivity index (χ3n) is 4.29. The Labute approximate surface area is 148 Å². The summed E-state index contributed by atoms with van der Waals surface area (Å²) in [6, 6.07) is 10.6. The number of pyridine rings is 1. The maximum absolute atomic E-state index is 12.8. The Morgan fingerprint density at radius 2 is 2.08 bits per heavy atom. The van der Waals surface area contributed by atoms with Crippen LogP contribution in [0.15, 0.2) is 63.3 Å². The number of furan rings is 1. The van der Waals surface area contributed by atoms with Gasteiger partial charge in [-0.2, -0.15) is 0 Å². The summed E-state index contributed by atoms with van der Waals surface area (Å²) in [5.74, 6) is -0.850. The number of nitrogens with two attached hydrogens (primary N) is 1. The van der Waals surface area contributed by atoms with Crippen LogP contribution < -0.4 is 16.0 Å². The first kappa shape index (κ1) is 16.0. The van der Waals surface area contributed by atoms with Gasteiger partial charge < -0.3 is 24.6 Å². The molecule has 3 N–H and O–H groups in total. The number of aromatic amines is 1. The summed E-state index contributed by atoms with van der Waals surface area (Å²) in [7, 11) is 0. The van der Waals surface area contributed by atoms with Gasteiger partial charge in [0.15, 0.2) is 0 Å². The highest BCUT2D eigenvalue weighted by Crippen LogP contribution is 2.43. The molecule has 0 bridgehead atoms. The van der Waals surface area contributed by atoms with Crippen LogP contribution in [0.25, 0.3) is 10.9 Å². The number of carbonyl (C=O) groups excluding carboxylic acids is 1. The minimum absolute atomic E-state index is 0.0510. The zero-order valence-electron chi connectivity index (χ0n) is 13.9. The van der Waals surface area contributed by atoms with Crippen molar-refractivity contribution < 1.29 is 18.7 Å². The SMILES string of the molecule is CCOC(=O)C1=C(N)Oc2c(c(=O)[nH]c3ccccc23)C1c1ccco1. The summed E-state index contributed by atoms with van der Waals surface area (Å²) in [5.41, 5.74) is 6.61. The minimum Gasteiger partial charge on any atom is -0.468 e. The van der Waals surface area contributed by atoms with E-state index in [4.69, 9.17) is 19.6 Å². The molecule has 1 aliphatic rings. The van der Waals surface area contributed by atoms with Crippen LogP contribution in [-0.4, -0.2) is 17.6 Å². The van der Waals surface area contributed by atoms with E-state index in [1.54, 1.807) is 31.2 Å². The lowest BCUT2D eigenvalue weighted by atomic mass is 9.86. The molecule has 1 unspecified atom stereocenters. The van der Waals surface area contributed by atoms with E-state index in [1.165, 1.54) is 6.26 Å². The minimum atomic E-state index is -0.818. The van der Waals surface area contributed by atoms with Gasteiger partial charge in [-0.25, -0.2) is 4.79 Å². The third-order valence-corrected chi connectivity index (χ3v) is 4.29. The number of benzene rings is 1. The number of ether oxygens (including phenoxy) is 2. The van der Waals surface area contributed by atoms with Gasteiger partial charge in [0.1, 0.15) is 17.1 Å². The molecule has 1 aliphatic heterocycles. The fraction of sp³-hybridized carbons (Fsp3) is 0.158. The molecule has 1 atom stereocenters. The smallest absolute Gasteiger partial charge is 0.340 e. The van der Waals surface area contributed by atoms with Crippen molar-refractivity contribution in [3.63, 3.8) is 0 Å². The van der Waals surface area contributed by atoms with Gasteiger partial charge in [-0.3, -0.25) is 4.79 Å². The molecule has 0 fully saturated rings. The molecule has 2 aromatic heterocycles. The molecule has 26 heavy (non-hydrogen) atoms. The first-order valence-corrected chi connectivity index (χ1v) is 8.14. The number of para-hydroxylation sites is 1. The van der Waals surface area contributed by atoms with Crippen molar-refractivity contribution in [2.45, 2.75) is 12.8 Å². The van der Waals surface area contributed by atoms with E-state index < -0.39 is 11.9 Å². The first-order chi connectivity index (χ1) is 12.6. The van der Waals surface area contributed by atoms with Crippen molar-refractivity contribution in [3.8, 4) is 5.75 Å². The average Bonchev–Trinajstić information content (AvgIpc) is 3.15. The lowest BCUT2D eigenvalue weighted by molar-refractivity contribution is -0.139. The Morgan fingerprint density at radius 3 is 2.81 bits per heavy atom. The fourth-order valence-corrected chi connectivity index (χ4v) is 3.22. The molecule has 7 heteroatoms. The van der Waals surface area contributed by atoms with Gasteiger partial charge in [0.25, 0.3) is 5.56 Å².